The molecule has 1 saturated heterocycles. The Kier molecular flexibility index (Phi) is 5.80. The molecule has 3 atom stereocenters. The van der Waals surface area contributed by atoms with Crippen LogP contribution in [0.1, 0.15) is 40.3 Å². The molecule has 8 heteroatoms. The number of amides is 1. The van der Waals surface area contributed by atoms with Gasteiger partial charge in [-0.15, -0.1) is 0 Å². The Hall–Kier alpha value is -2.97. The van der Waals surface area contributed by atoms with Gasteiger partial charge in [-0.05, 0) is 68.5 Å². The Morgan fingerprint density at radius 1 is 1.09 bits per heavy atom. The fourth-order valence-electron chi connectivity index (χ4n) is 4.63. The molecular formula is C25H30N6OS. The molecule has 0 aromatic heterocycles. The van der Waals surface area contributed by atoms with Gasteiger partial charge in [-0.25, -0.2) is 5.43 Å². The highest BCUT2D eigenvalue weighted by atomic mass is 32.2. The van der Waals surface area contributed by atoms with Gasteiger partial charge in [-0.2, -0.15) is 5.10 Å². The number of nitrogens with zero attached hydrogens (tertiary/aromatic N) is 3. The van der Waals surface area contributed by atoms with Crippen LogP contribution >= 0.6 is 11.8 Å². The molecule has 3 N–H and O–H groups in total. The van der Waals surface area contributed by atoms with Crippen molar-refractivity contribution in [1.29, 1.82) is 0 Å². The van der Waals surface area contributed by atoms with E-state index in [1.807, 2.05) is 31.3 Å². The predicted octanol–water partition coefficient (Wildman–Crippen LogP) is 3.90. The second-order valence-corrected chi connectivity index (χ2v) is 10.0. The van der Waals surface area contributed by atoms with E-state index in [0.29, 0.717) is 5.75 Å². The van der Waals surface area contributed by atoms with Crippen LogP contribution in [0.25, 0.3) is 0 Å². The third-order valence-corrected chi connectivity index (χ3v) is 7.60. The maximum Gasteiger partial charge on any atom is 0.234 e. The van der Waals surface area contributed by atoms with Gasteiger partial charge in [0.15, 0.2) is 5.17 Å². The Morgan fingerprint density at radius 2 is 1.91 bits per heavy atom. The number of aryl methyl sites for hydroxylation is 4. The molecule has 0 spiro atoms. The van der Waals surface area contributed by atoms with Crippen molar-refractivity contribution in [3.8, 4) is 0 Å². The largest absolute Gasteiger partial charge is 0.325 e. The maximum absolute atomic E-state index is 12.5. The Morgan fingerprint density at radius 3 is 2.73 bits per heavy atom. The SMILES string of the molecule is Cc1ccc(C)c(C2CC3C4NN=C(SCC(=O)Nc5ccc(C)c(C)c5)N4C=CN3N2)c1. The lowest BCUT2D eigenvalue weighted by atomic mass is 9.95. The molecule has 3 aliphatic heterocycles. The fourth-order valence-corrected chi connectivity index (χ4v) is 5.41. The number of rotatable bonds is 4. The summed E-state index contributed by atoms with van der Waals surface area (Å²) in [5.74, 6) is 0.275. The molecule has 1 fully saturated rings. The van der Waals surface area contributed by atoms with Gasteiger partial charge in [-0.3, -0.25) is 10.2 Å². The van der Waals surface area contributed by atoms with Gasteiger partial charge in [0.2, 0.25) is 5.91 Å². The summed E-state index contributed by atoms with van der Waals surface area (Å²) >= 11 is 1.45. The summed E-state index contributed by atoms with van der Waals surface area (Å²) in [6, 6.07) is 13.1. The normalized spacial score (nSPS) is 23.2. The van der Waals surface area contributed by atoms with Gasteiger partial charge >= 0.3 is 0 Å². The molecule has 2 aromatic rings. The van der Waals surface area contributed by atoms with Crippen LogP contribution in [0.3, 0.4) is 0 Å². The Labute approximate surface area is 199 Å². The minimum atomic E-state index is -0.0328. The smallest absolute Gasteiger partial charge is 0.234 e. The average molecular weight is 463 g/mol. The van der Waals surface area contributed by atoms with Crippen LogP contribution < -0.4 is 16.2 Å². The first kappa shape index (κ1) is 21.9. The lowest BCUT2D eigenvalue weighted by Crippen LogP contribution is -2.54. The first-order valence-corrected chi connectivity index (χ1v) is 12.3. The summed E-state index contributed by atoms with van der Waals surface area (Å²) in [4.78, 5) is 14.6. The van der Waals surface area contributed by atoms with E-state index in [9.17, 15) is 4.79 Å². The minimum Gasteiger partial charge on any atom is -0.325 e. The van der Waals surface area contributed by atoms with E-state index in [2.05, 4.69) is 76.3 Å². The molecule has 0 aliphatic carbocycles. The Balaban J connectivity index is 1.20. The fraction of sp³-hybridized carbons (Fsp3) is 0.360. The number of hydrazone groups is 1. The van der Waals surface area contributed by atoms with Crippen LogP contribution in [-0.2, 0) is 4.79 Å². The zero-order chi connectivity index (χ0) is 23.1. The van der Waals surface area contributed by atoms with E-state index in [4.69, 9.17) is 0 Å². The maximum atomic E-state index is 12.5. The van der Waals surface area contributed by atoms with Gasteiger partial charge in [0.1, 0.15) is 6.17 Å². The van der Waals surface area contributed by atoms with Crippen LogP contribution in [0, 0.1) is 27.7 Å². The number of thioether (sulfide) groups is 1. The number of benzene rings is 2. The molecule has 5 rings (SSSR count). The van der Waals surface area contributed by atoms with E-state index in [1.165, 1.54) is 39.6 Å². The van der Waals surface area contributed by atoms with Gasteiger partial charge in [-0.1, -0.05) is 41.6 Å². The molecule has 1 amide bonds. The number of hydrogen-bond acceptors (Lipinski definition) is 7. The van der Waals surface area contributed by atoms with E-state index >= 15 is 0 Å². The van der Waals surface area contributed by atoms with Crippen LogP contribution in [0.2, 0.25) is 0 Å². The highest BCUT2D eigenvalue weighted by Gasteiger charge is 2.44. The number of anilines is 1. The summed E-state index contributed by atoms with van der Waals surface area (Å²) < 4.78 is 0. The van der Waals surface area contributed by atoms with Crippen LogP contribution in [0.4, 0.5) is 5.69 Å². The van der Waals surface area contributed by atoms with Gasteiger partial charge < -0.3 is 15.2 Å². The van der Waals surface area contributed by atoms with Gasteiger partial charge in [0.05, 0.1) is 17.8 Å². The predicted molar refractivity (Wildman–Crippen MR) is 134 cm³/mol. The van der Waals surface area contributed by atoms with Crippen molar-refractivity contribution in [3.63, 3.8) is 0 Å². The first-order chi connectivity index (χ1) is 15.9. The monoisotopic (exact) mass is 462 g/mol. The highest BCUT2D eigenvalue weighted by Crippen LogP contribution is 2.36. The lowest BCUT2D eigenvalue weighted by molar-refractivity contribution is -0.113. The molecule has 3 heterocycles. The highest BCUT2D eigenvalue weighted by molar-refractivity contribution is 8.14. The van der Waals surface area contributed by atoms with Crippen molar-refractivity contribution in [2.24, 2.45) is 5.10 Å². The average Bonchev–Trinajstić information content (AvgIpc) is 3.40. The minimum absolute atomic E-state index is 0.0328. The van der Waals surface area contributed by atoms with Crippen molar-refractivity contribution in [1.82, 2.24) is 20.8 Å². The second kappa shape index (κ2) is 8.76. The number of nitrogens with one attached hydrogen (secondary N) is 3. The first-order valence-electron chi connectivity index (χ1n) is 11.3. The van der Waals surface area contributed by atoms with Crippen molar-refractivity contribution in [2.45, 2.75) is 52.4 Å². The molecular weight excluding hydrogens is 432 g/mol. The lowest BCUT2D eigenvalue weighted by Gasteiger charge is -2.36. The van der Waals surface area contributed by atoms with Crippen LogP contribution in [-0.4, -0.2) is 38.9 Å². The van der Waals surface area contributed by atoms with E-state index in [-0.39, 0.29) is 24.2 Å². The number of hydrogen-bond donors (Lipinski definition) is 3. The van der Waals surface area contributed by atoms with Gasteiger partial charge in [0.25, 0.3) is 0 Å². The molecule has 0 bridgehead atoms. The third kappa shape index (κ3) is 4.32. The number of hydrazine groups is 1. The van der Waals surface area contributed by atoms with E-state index in [0.717, 1.165) is 17.3 Å². The summed E-state index contributed by atoms with van der Waals surface area (Å²) in [5, 5.41) is 10.5. The molecule has 0 saturated carbocycles. The van der Waals surface area contributed by atoms with Crippen molar-refractivity contribution in [2.75, 3.05) is 11.1 Å². The summed E-state index contributed by atoms with van der Waals surface area (Å²) in [6.45, 7) is 8.42. The quantitative estimate of drug-likeness (QED) is 0.640. The summed E-state index contributed by atoms with van der Waals surface area (Å²) in [5.41, 5.74) is 14.1. The number of amidine groups is 1. The standard InChI is InChI=1S/C25H30N6OS/c1-15-5-6-17(3)20(11-15)21-13-22-24-27-28-25(30(24)9-10-31(22)29-21)33-14-23(32)26-19-8-7-16(2)18(4)12-19/h5-12,21-22,24,27,29H,13-14H2,1-4H3,(H,26,32). The van der Waals surface area contributed by atoms with Crippen molar-refractivity contribution < 1.29 is 4.79 Å². The molecule has 172 valence electrons. The molecule has 3 aliphatic rings. The van der Waals surface area contributed by atoms with Crippen LogP contribution in [0.15, 0.2) is 53.9 Å². The number of carbonyl (C=O) groups is 1. The van der Waals surface area contributed by atoms with Crippen molar-refractivity contribution >= 4 is 28.5 Å². The van der Waals surface area contributed by atoms with Crippen LogP contribution in [0.5, 0.6) is 0 Å². The number of carbonyl (C=O) groups excluding carboxylic acids is 1. The summed E-state index contributed by atoms with van der Waals surface area (Å²) in [7, 11) is 0. The zero-order valence-corrected chi connectivity index (χ0v) is 20.2. The molecule has 2 aromatic carbocycles. The third-order valence-electron chi connectivity index (χ3n) is 6.64. The van der Waals surface area contributed by atoms with Gasteiger partial charge in [0, 0.05) is 18.1 Å². The van der Waals surface area contributed by atoms with Crippen molar-refractivity contribution in [3.05, 3.63) is 76.6 Å². The zero-order valence-electron chi connectivity index (χ0n) is 19.4. The second-order valence-electron chi connectivity index (χ2n) is 9.06. The number of fused-ring (bicyclic) bond motifs is 3. The molecule has 0 radical (unpaired) electrons. The molecule has 7 nitrogen and oxygen atoms in total. The topological polar surface area (TPSA) is 72.0 Å². The Bertz CT molecular complexity index is 1150. The van der Waals surface area contributed by atoms with E-state index < -0.39 is 0 Å². The summed E-state index contributed by atoms with van der Waals surface area (Å²) in [6.07, 6.45) is 5.13. The molecule has 3 unspecified atom stereocenters. The molecule has 33 heavy (non-hydrogen) atoms. The van der Waals surface area contributed by atoms with E-state index in [1.54, 1.807) is 0 Å².